The van der Waals surface area contributed by atoms with Gasteiger partial charge >= 0.3 is 0 Å². The maximum atomic E-state index is 12.3. The van der Waals surface area contributed by atoms with Gasteiger partial charge in [0.2, 0.25) is 5.91 Å². The van der Waals surface area contributed by atoms with Gasteiger partial charge in [0.1, 0.15) is 17.4 Å². The molecule has 2 rings (SSSR count). The molecule has 0 saturated carbocycles. The number of rotatable bonds is 6. The van der Waals surface area contributed by atoms with Gasteiger partial charge in [0.15, 0.2) is 0 Å². The molecule has 0 aromatic heterocycles. The van der Waals surface area contributed by atoms with Crippen LogP contribution in [0.4, 0.5) is 5.69 Å². The third kappa shape index (κ3) is 4.24. The number of ether oxygens (including phenoxy) is 2. The average Bonchev–Trinajstić information content (AvgIpc) is 2.60. The molecule has 2 aromatic rings. The highest BCUT2D eigenvalue weighted by Gasteiger charge is 2.20. The first-order valence-electron chi connectivity index (χ1n) is 7.14. The van der Waals surface area contributed by atoms with Crippen LogP contribution in [0.1, 0.15) is 5.56 Å². The lowest BCUT2D eigenvalue weighted by Gasteiger charge is -2.13. The van der Waals surface area contributed by atoms with E-state index < -0.39 is 5.92 Å². The predicted octanol–water partition coefficient (Wildman–Crippen LogP) is 3.02. The molecule has 0 saturated heterocycles. The molecule has 0 spiro atoms. The minimum atomic E-state index is -0.798. The second-order valence-electron chi connectivity index (χ2n) is 4.92. The standard InChI is InChI=1S/C18H18N2O3/c1-22-16-9-7-15(8-10-16)20-18(21)14(12-19)11-13-5-3-4-6-17(13)23-2/h3-10,14H,11H2,1-2H3,(H,20,21). The van der Waals surface area contributed by atoms with E-state index >= 15 is 0 Å². The van der Waals surface area contributed by atoms with Gasteiger partial charge in [0.25, 0.3) is 0 Å². The zero-order valence-corrected chi connectivity index (χ0v) is 13.1. The number of carbonyl (C=O) groups excluding carboxylic acids is 1. The monoisotopic (exact) mass is 310 g/mol. The number of nitriles is 1. The van der Waals surface area contributed by atoms with Crippen LogP contribution in [0, 0.1) is 17.2 Å². The van der Waals surface area contributed by atoms with Crippen molar-refractivity contribution < 1.29 is 14.3 Å². The Bertz CT molecular complexity index is 705. The highest BCUT2D eigenvalue weighted by molar-refractivity contribution is 5.94. The molecule has 1 unspecified atom stereocenters. The first-order chi connectivity index (χ1) is 11.2. The van der Waals surface area contributed by atoms with Gasteiger partial charge in [0, 0.05) is 12.1 Å². The average molecular weight is 310 g/mol. The van der Waals surface area contributed by atoms with Crippen molar-refractivity contribution in [2.45, 2.75) is 6.42 Å². The van der Waals surface area contributed by atoms with Crippen LogP contribution in [-0.4, -0.2) is 20.1 Å². The SMILES string of the molecule is COc1ccc(NC(=O)C(C#N)Cc2ccccc2OC)cc1. The lowest BCUT2D eigenvalue weighted by atomic mass is 9.99. The van der Waals surface area contributed by atoms with Gasteiger partial charge in [0.05, 0.1) is 20.3 Å². The van der Waals surface area contributed by atoms with E-state index in [2.05, 4.69) is 11.4 Å². The Morgan fingerprint density at radius 1 is 1.13 bits per heavy atom. The number of nitrogens with one attached hydrogen (secondary N) is 1. The summed E-state index contributed by atoms with van der Waals surface area (Å²) in [6, 6.07) is 16.4. The van der Waals surface area contributed by atoms with Gasteiger partial charge in [-0.05, 0) is 35.9 Å². The quantitative estimate of drug-likeness (QED) is 0.890. The largest absolute Gasteiger partial charge is 0.497 e. The van der Waals surface area contributed by atoms with Crippen molar-refractivity contribution in [3.8, 4) is 17.6 Å². The molecule has 0 bridgehead atoms. The molecule has 5 nitrogen and oxygen atoms in total. The molecule has 0 radical (unpaired) electrons. The van der Waals surface area contributed by atoms with Crippen LogP contribution in [-0.2, 0) is 11.2 Å². The Labute approximate surface area is 135 Å². The Morgan fingerprint density at radius 2 is 1.83 bits per heavy atom. The maximum Gasteiger partial charge on any atom is 0.242 e. The highest BCUT2D eigenvalue weighted by atomic mass is 16.5. The van der Waals surface area contributed by atoms with Gasteiger partial charge in [-0.25, -0.2) is 0 Å². The predicted molar refractivity (Wildman–Crippen MR) is 87.4 cm³/mol. The lowest BCUT2D eigenvalue weighted by molar-refractivity contribution is -0.118. The first-order valence-corrected chi connectivity index (χ1v) is 7.14. The molecule has 23 heavy (non-hydrogen) atoms. The minimum Gasteiger partial charge on any atom is -0.497 e. The summed E-state index contributed by atoms with van der Waals surface area (Å²) in [6.45, 7) is 0. The van der Waals surface area contributed by atoms with Crippen molar-refractivity contribution >= 4 is 11.6 Å². The molecule has 1 amide bonds. The second-order valence-corrected chi connectivity index (χ2v) is 4.92. The van der Waals surface area contributed by atoms with Crippen molar-refractivity contribution in [3.63, 3.8) is 0 Å². The fraction of sp³-hybridized carbons (Fsp3) is 0.222. The van der Waals surface area contributed by atoms with Crippen LogP contribution in [0.3, 0.4) is 0 Å². The Morgan fingerprint density at radius 3 is 2.43 bits per heavy atom. The maximum absolute atomic E-state index is 12.3. The number of nitrogens with zero attached hydrogens (tertiary/aromatic N) is 1. The summed E-state index contributed by atoms with van der Waals surface area (Å²) in [4.78, 5) is 12.3. The van der Waals surface area contributed by atoms with Crippen LogP contribution in [0.15, 0.2) is 48.5 Å². The minimum absolute atomic E-state index is 0.294. The van der Waals surface area contributed by atoms with Gasteiger partial charge in [-0.1, -0.05) is 18.2 Å². The summed E-state index contributed by atoms with van der Waals surface area (Å²) >= 11 is 0. The molecule has 0 aliphatic heterocycles. The van der Waals surface area contributed by atoms with E-state index in [-0.39, 0.29) is 5.91 Å². The molecule has 5 heteroatoms. The van der Waals surface area contributed by atoms with Crippen molar-refractivity contribution in [3.05, 3.63) is 54.1 Å². The van der Waals surface area contributed by atoms with Crippen molar-refractivity contribution in [2.24, 2.45) is 5.92 Å². The van der Waals surface area contributed by atoms with Crippen LogP contribution in [0.2, 0.25) is 0 Å². The normalized spacial score (nSPS) is 11.2. The van der Waals surface area contributed by atoms with E-state index in [1.807, 2.05) is 24.3 Å². The molecule has 2 aromatic carbocycles. The zero-order chi connectivity index (χ0) is 16.7. The number of hydrogen-bond donors (Lipinski definition) is 1. The Kier molecular flexibility index (Phi) is 5.59. The van der Waals surface area contributed by atoms with Gasteiger partial charge in [-0.15, -0.1) is 0 Å². The van der Waals surface area contributed by atoms with Crippen molar-refractivity contribution in [1.29, 1.82) is 5.26 Å². The van der Waals surface area contributed by atoms with Gasteiger partial charge in [-0.2, -0.15) is 5.26 Å². The fourth-order valence-corrected chi connectivity index (χ4v) is 2.19. The summed E-state index contributed by atoms with van der Waals surface area (Å²) in [7, 11) is 3.14. The van der Waals surface area contributed by atoms with Crippen molar-refractivity contribution in [2.75, 3.05) is 19.5 Å². The molecule has 0 heterocycles. The molecule has 118 valence electrons. The molecular weight excluding hydrogens is 292 g/mol. The molecule has 0 aliphatic rings. The summed E-state index contributed by atoms with van der Waals surface area (Å²) in [6.07, 6.45) is 0.294. The van der Waals surface area contributed by atoms with Gasteiger partial charge < -0.3 is 14.8 Å². The number of para-hydroxylation sites is 1. The van der Waals surface area contributed by atoms with Crippen LogP contribution >= 0.6 is 0 Å². The molecule has 1 N–H and O–H groups in total. The van der Waals surface area contributed by atoms with Gasteiger partial charge in [-0.3, -0.25) is 4.79 Å². The Hall–Kier alpha value is -3.00. The third-order valence-electron chi connectivity index (χ3n) is 3.45. The number of anilines is 1. The number of hydrogen-bond acceptors (Lipinski definition) is 4. The van der Waals surface area contributed by atoms with Crippen LogP contribution in [0.5, 0.6) is 11.5 Å². The third-order valence-corrected chi connectivity index (χ3v) is 3.45. The van der Waals surface area contributed by atoms with E-state index in [0.29, 0.717) is 23.6 Å². The number of carbonyl (C=O) groups is 1. The van der Waals surface area contributed by atoms with Crippen LogP contribution < -0.4 is 14.8 Å². The summed E-state index contributed by atoms with van der Waals surface area (Å²) < 4.78 is 10.3. The Balaban J connectivity index is 2.07. The zero-order valence-electron chi connectivity index (χ0n) is 13.1. The molecule has 0 aliphatic carbocycles. The van der Waals surface area contributed by atoms with E-state index in [1.54, 1.807) is 38.5 Å². The molecular formula is C18H18N2O3. The highest BCUT2D eigenvalue weighted by Crippen LogP contribution is 2.22. The van der Waals surface area contributed by atoms with Crippen molar-refractivity contribution in [1.82, 2.24) is 0 Å². The topological polar surface area (TPSA) is 71.3 Å². The summed E-state index contributed by atoms with van der Waals surface area (Å²) in [5.74, 6) is 0.232. The smallest absolute Gasteiger partial charge is 0.242 e. The molecule has 0 fully saturated rings. The number of amides is 1. The number of methoxy groups -OCH3 is 2. The van der Waals surface area contributed by atoms with Crippen LogP contribution in [0.25, 0.3) is 0 Å². The van der Waals surface area contributed by atoms with E-state index in [0.717, 1.165) is 5.56 Å². The van der Waals surface area contributed by atoms with E-state index in [4.69, 9.17) is 9.47 Å². The molecule has 1 atom stereocenters. The fourth-order valence-electron chi connectivity index (χ4n) is 2.19. The van der Waals surface area contributed by atoms with E-state index in [9.17, 15) is 10.1 Å². The second kappa shape index (κ2) is 7.85. The van der Waals surface area contributed by atoms with E-state index in [1.165, 1.54) is 0 Å². The summed E-state index contributed by atoms with van der Waals surface area (Å²) in [5.41, 5.74) is 1.45. The lowest BCUT2D eigenvalue weighted by Crippen LogP contribution is -2.23. The first kappa shape index (κ1) is 16.4. The number of benzene rings is 2. The summed E-state index contributed by atoms with van der Waals surface area (Å²) in [5, 5.41) is 12.1.